The molecule has 0 bridgehead atoms. The molecule has 0 saturated heterocycles. The summed E-state index contributed by atoms with van der Waals surface area (Å²) in [7, 11) is 0. The van der Waals surface area contributed by atoms with Crippen molar-refractivity contribution in [1.29, 1.82) is 5.26 Å². The van der Waals surface area contributed by atoms with Crippen LogP contribution in [0.15, 0.2) is 16.0 Å². The zero-order valence-electron chi connectivity index (χ0n) is 13.0. The third-order valence-electron chi connectivity index (χ3n) is 3.37. The summed E-state index contributed by atoms with van der Waals surface area (Å²) in [4.78, 5) is 18.4. The van der Waals surface area contributed by atoms with E-state index in [1.165, 1.54) is 17.8 Å². The molecule has 1 heterocycles. The van der Waals surface area contributed by atoms with E-state index in [-0.39, 0.29) is 5.56 Å². The van der Waals surface area contributed by atoms with Crippen molar-refractivity contribution in [2.45, 2.75) is 57.1 Å². The summed E-state index contributed by atoms with van der Waals surface area (Å²) in [5, 5.41) is 13.4. The maximum Gasteiger partial charge on any atom is 0.251 e. The van der Waals surface area contributed by atoms with E-state index in [2.05, 4.69) is 28.3 Å². The molecule has 0 aromatic carbocycles. The van der Waals surface area contributed by atoms with Gasteiger partial charge in [-0.25, -0.2) is 4.98 Å². The van der Waals surface area contributed by atoms with Gasteiger partial charge >= 0.3 is 0 Å². The molecule has 0 aliphatic rings. The van der Waals surface area contributed by atoms with Crippen molar-refractivity contribution in [2.75, 3.05) is 12.3 Å². The number of thioether (sulfide) groups is 1. The van der Waals surface area contributed by atoms with Gasteiger partial charge in [-0.3, -0.25) is 10.1 Å². The maximum atomic E-state index is 11.4. The number of hydrogen-bond donors (Lipinski definition) is 2. The van der Waals surface area contributed by atoms with Gasteiger partial charge in [-0.05, 0) is 39.2 Å². The van der Waals surface area contributed by atoms with E-state index in [4.69, 9.17) is 0 Å². The molecule has 116 valence electrons. The van der Waals surface area contributed by atoms with Crippen LogP contribution in [0.1, 0.15) is 45.2 Å². The molecule has 6 heteroatoms. The number of nitriles is 1. The standard InChI is InChI=1S/C15H24N4OS/c1-4-8-17-15(5-2,11-16)7-6-9-21-14-18-12(3)10-13(20)19-14/h10,17H,4-9H2,1-3H3,(H,18,19,20). The van der Waals surface area contributed by atoms with Crippen LogP contribution in [-0.4, -0.2) is 27.8 Å². The molecule has 0 spiro atoms. The highest BCUT2D eigenvalue weighted by molar-refractivity contribution is 7.99. The Labute approximate surface area is 130 Å². The average molecular weight is 308 g/mol. The van der Waals surface area contributed by atoms with Crippen molar-refractivity contribution in [3.63, 3.8) is 0 Å². The van der Waals surface area contributed by atoms with Gasteiger partial charge in [-0.1, -0.05) is 25.6 Å². The molecule has 1 rings (SSSR count). The third-order valence-corrected chi connectivity index (χ3v) is 4.33. The van der Waals surface area contributed by atoms with E-state index in [9.17, 15) is 10.1 Å². The van der Waals surface area contributed by atoms with Crippen molar-refractivity contribution in [1.82, 2.24) is 15.3 Å². The minimum absolute atomic E-state index is 0.116. The van der Waals surface area contributed by atoms with Crippen LogP contribution in [0.5, 0.6) is 0 Å². The van der Waals surface area contributed by atoms with Gasteiger partial charge in [0.15, 0.2) is 5.16 Å². The first-order valence-electron chi connectivity index (χ1n) is 7.42. The van der Waals surface area contributed by atoms with Crippen LogP contribution in [0.4, 0.5) is 0 Å². The fourth-order valence-corrected chi connectivity index (χ4v) is 2.96. The first-order valence-corrected chi connectivity index (χ1v) is 8.41. The second-order valence-electron chi connectivity index (χ2n) is 5.12. The van der Waals surface area contributed by atoms with Gasteiger partial charge in [0.25, 0.3) is 5.56 Å². The molecular weight excluding hydrogens is 284 g/mol. The molecule has 1 aromatic rings. The van der Waals surface area contributed by atoms with Gasteiger partial charge in [-0.2, -0.15) is 5.26 Å². The van der Waals surface area contributed by atoms with Crippen molar-refractivity contribution in [3.05, 3.63) is 22.1 Å². The van der Waals surface area contributed by atoms with Crippen LogP contribution in [0.2, 0.25) is 0 Å². The summed E-state index contributed by atoms with van der Waals surface area (Å²) in [6.07, 6.45) is 3.53. The van der Waals surface area contributed by atoms with E-state index >= 15 is 0 Å². The summed E-state index contributed by atoms with van der Waals surface area (Å²) in [6.45, 7) is 6.81. The fraction of sp³-hybridized carbons (Fsp3) is 0.667. The van der Waals surface area contributed by atoms with E-state index in [0.717, 1.165) is 43.7 Å². The Hall–Kier alpha value is -1.32. The molecular formula is C15H24N4OS. The number of H-pyrrole nitrogens is 1. The van der Waals surface area contributed by atoms with Crippen LogP contribution < -0.4 is 10.9 Å². The highest BCUT2D eigenvalue weighted by Crippen LogP contribution is 2.20. The zero-order chi connectivity index (χ0) is 15.7. The van der Waals surface area contributed by atoms with E-state index in [1.807, 2.05) is 13.8 Å². The lowest BCUT2D eigenvalue weighted by atomic mass is 9.92. The zero-order valence-corrected chi connectivity index (χ0v) is 13.8. The van der Waals surface area contributed by atoms with Crippen LogP contribution in [0, 0.1) is 18.3 Å². The Morgan fingerprint density at radius 3 is 2.86 bits per heavy atom. The Bertz CT molecular complexity index is 537. The van der Waals surface area contributed by atoms with E-state index in [0.29, 0.717) is 5.16 Å². The fourth-order valence-electron chi connectivity index (χ4n) is 2.09. The molecule has 0 aliphatic carbocycles. The lowest BCUT2D eigenvalue weighted by Crippen LogP contribution is -2.43. The Morgan fingerprint density at radius 1 is 1.52 bits per heavy atom. The molecule has 1 unspecified atom stereocenters. The summed E-state index contributed by atoms with van der Waals surface area (Å²) >= 11 is 1.53. The topological polar surface area (TPSA) is 81.6 Å². The molecule has 1 aromatic heterocycles. The number of rotatable bonds is 9. The lowest BCUT2D eigenvalue weighted by Gasteiger charge is -2.26. The van der Waals surface area contributed by atoms with Crippen molar-refractivity contribution >= 4 is 11.8 Å². The maximum absolute atomic E-state index is 11.4. The minimum atomic E-state index is -0.427. The highest BCUT2D eigenvalue weighted by atomic mass is 32.2. The van der Waals surface area contributed by atoms with Crippen molar-refractivity contribution < 1.29 is 0 Å². The van der Waals surface area contributed by atoms with Crippen LogP contribution in [0.25, 0.3) is 0 Å². The van der Waals surface area contributed by atoms with Gasteiger partial charge in [0, 0.05) is 17.5 Å². The first-order chi connectivity index (χ1) is 10.0. The second kappa shape index (κ2) is 8.85. The van der Waals surface area contributed by atoms with Gasteiger partial charge in [0.05, 0.1) is 6.07 Å². The molecule has 5 nitrogen and oxygen atoms in total. The molecule has 2 N–H and O–H groups in total. The average Bonchev–Trinajstić information content (AvgIpc) is 2.46. The van der Waals surface area contributed by atoms with Gasteiger partial charge < -0.3 is 4.98 Å². The van der Waals surface area contributed by atoms with Crippen LogP contribution >= 0.6 is 11.8 Å². The number of aryl methyl sites for hydroxylation is 1. The summed E-state index contributed by atoms with van der Waals surface area (Å²) in [6, 6.07) is 3.91. The Morgan fingerprint density at radius 2 is 2.29 bits per heavy atom. The Kier molecular flexibility index (Phi) is 7.48. The van der Waals surface area contributed by atoms with Crippen molar-refractivity contribution in [3.8, 4) is 6.07 Å². The molecule has 0 saturated carbocycles. The minimum Gasteiger partial charge on any atom is -0.301 e. The van der Waals surface area contributed by atoms with E-state index < -0.39 is 5.54 Å². The van der Waals surface area contributed by atoms with Crippen molar-refractivity contribution in [2.24, 2.45) is 0 Å². The second-order valence-corrected chi connectivity index (χ2v) is 6.20. The summed E-state index contributed by atoms with van der Waals surface area (Å²) in [5.74, 6) is 0.837. The van der Waals surface area contributed by atoms with Gasteiger partial charge in [0.2, 0.25) is 0 Å². The van der Waals surface area contributed by atoms with Gasteiger partial charge in [-0.15, -0.1) is 0 Å². The van der Waals surface area contributed by atoms with Crippen LogP contribution in [-0.2, 0) is 0 Å². The smallest absolute Gasteiger partial charge is 0.251 e. The quantitative estimate of drug-likeness (QED) is 0.416. The monoisotopic (exact) mass is 308 g/mol. The predicted molar refractivity (Wildman–Crippen MR) is 86.5 cm³/mol. The highest BCUT2D eigenvalue weighted by Gasteiger charge is 2.26. The first kappa shape index (κ1) is 17.7. The predicted octanol–water partition coefficient (Wildman–Crippen LogP) is 2.62. The number of nitrogens with one attached hydrogen (secondary N) is 2. The number of aromatic amines is 1. The number of hydrogen-bond acceptors (Lipinski definition) is 5. The summed E-state index contributed by atoms with van der Waals surface area (Å²) in [5.41, 5.74) is 0.185. The van der Waals surface area contributed by atoms with Gasteiger partial charge in [0.1, 0.15) is 5.54 Å². The van der Waals surface area contributed by atoms with E-state index in [1.54, 1.807) is 0 Å². The SMILES string of the molecule is CCCNC(C#N)(CC)CCCSc1nc(C)cc(=O)[nH]1. The number of nitrogens with zero attached hydrogens (tertiary/aromatic N) is 2. The summed E-state index contributed by atoms with van der Waals surface area (Å²) < 4.78 is 0. The Balaban J connectivity index is 2.47. The normalized spacial score (nSPS) is 13.6. The van der Waals surface area contributed by atoms with Crippen LogP contribution in [0.3, 0.4) is 0 Å². The molecule has 0 fully saturated rings. The molecule has 0 aliphatic heterocycles. The molecule has 1 atom stereocenters. The lowest BCUT2D eigenvalue weighted by molar-refractivity contribution is 0.371. The largest absolute Gasteiger partial charge is 0.301 e. The molecule has 0 amide bonds. The number of aromatic nitrogens is 2. The third kappa shape index (κ3) is 5.90. The molecule has 21 heavy (non-hydrogen) atoms. The molecule has 0 radical (unpaired) electrons.